The first-order valence-corrected chi connectivity index (χ1v) is 6.75. The normalized spacial score (nSPS) is 14.1. The molecule has 0 aliphatic rings. The molecule has 2 atom stereocenters. The zero-order valence-electron chi connectivity index (χ0n) is 10.5. The molecule has 3 nitrogen and oxygen atoms in total. The van der Waals surface area contributed by atoms with Gasteiger partial charge in [-0.2, -0.15) is 0 Å². The summed E-state index contributed by atoms with van der Waals surface area (Å²) >= 11 is 3.26. The Hall–Kier alpha value is -0.900. The van der Waals surface area contributed by atoms with Crippen LogP contribution in [0.25, 0.3) is 0 Å². The van der Waals surface area contributed by atoms with Crippen molar-refractivity contribution in [1.29, 1.82) is 0 Å². The molecule has 4 heteroatoms. The SMILES string of the molecule is CCC(C)CC(C)NC(=O)c1cccc(Br)n1. The van der Waals surface area contributed by atoms with Crippen molar-refractivity contribution in [3.8, 4) is 0 Å². The summed E-state index contributed by atoms with van der Waals surface area (Å²) in [5.74, 6) is 0.517. The van der Waals surface area contributed by atoms with Crippen LogP contribution in [0, 0.1) is 5.92 Å². The monoisotopic (exact) mass is 298 g/mol. The van der Waals surface area contributed by atoms with Gasteiger partial charge in [-0.05, 0) is 47.3 Å². The van der Waals surface area contributed by atoms with Gasteiger partial charge in [0.15, 0.2) is 0 Å². The summed E-state index contributed by atoms with van der Waals surface area (Å²) in [4.78, 5) is 16.0. The van der Waals surface area contributed by atoms with Gasteiger partial charge in [0, 0.05) is 6.04 Å². The molecule has 1 aromatic heterocycles. The molecule has 0 aliphatic heterocycles. The lowest BCUT2D eigenvalue weighted by Crippen LogP contribution is -2.34. The number of amides is 1. The second-order valence-electron chi connectivity index (χ2n) is 4.47. The molecule has 1 rings (SSSR count). The number of nitrogens with one attached hydrogen (secondary N) is 1. The van der Waals surface area contributed by atoms with Crippen LogP contribution in [-0.4, -0.2) is 16.9 Å². The van der Waals surface area contributed by atoms with E-state index in [0.717, 1.165) is 12.8 Å². The summed E-state index contributed by atoms with van der Waals surface area (Å²) in [6.07, 6.45) is 2.13. The van der Waals surface area contributed by atoms with E-state index < -0.39 is 0 Å². The third kappa shape index (κ3) is 4.86. The van der Waals surface area contributed by atoms with Gasteiger partial charge in [-0.15, -0.1) is 0 Å². The highest BCUT2D eigenvalue weighted by atomic mass is 79.9. The van der Waals surface area contributed by atoms with Crippen molar-refractivity contribution in [3.05, 3.63) is 28.5 Å². The maximum Gasteiger partial charge on any atom is 0.270 e. The van der Waals surface area contributed by atoms with Gasteiger partial charge >= 0.3 is 0 Å². The minimum atomic E-state index is -0.109. The van der Waals surface area contributed by atoms with Crippen LogP contribution in [-0.2, 0) is 0 Å². The highest BCUT2D eigenvalue weighted by Crippen LogP contribution is 2.10. The van der Waals surface area contributed by atoms with Crippen LogP contribution < -0.4 is 5.32 Å². The van der Waals surface area contributed by atoms with E-state index in [1.807, 2.05) is 13.0 Å². The van der Waals surface area contributed by atoms with E-state index in [-0.39, 0.29) is 11.9 Å². The molecule has 17 heavy (non-hydrogen) atoms. The van der Waals surface area contributed by atoms with E-state index in [2.05, 4.69) is 40.1 Å². The number of carbonyl (C=O) groups is 1. The second-order valence-corrected chi connectivity index (χ2v) is 5.28. The van der Waals surface area contributed by atoms with Gasteiger partial charge in [-0.25, -0.2) is 4.98 Å². The lowest BCUT2D eigenvalue weighted by Gasteiger charge is -2.17. The van der Waals surface area contributed by atoms with Gasteiger partial charge in [0.1, 0.15) is 10.3 Å². The van der Waals surface area contributed by atoms with E-state index in [9.17, 15) is 4.79 Å². The zero-order chi connectivity index (χ0) is 12.8. The lowest BCUT2D eigenvalue weighted by molar-refractivity contribution is 0.0930. The topological polar surface area (TPSA) is 42.0 Å². The molecule has 0 fully saturated rings. The minimum absolute atomic E-state index is 0.109. The van der Waals surface area contributed by atoms with Crippen LogP contribution in [0.4, 0.5) is 0 Å². The van der Waals surface area contributed by atoms with Crippen molar-refractivity contribution in [2.24, 2.45) is 5.92 Å². The molecule has 0 aliphatic carbocycles. The summed E-state index contributed by atoms with van der Waals surface area (Å²) in [6.45, 7) is 6.39. The highest BCUT2D eigenvalue weighted by molar-refractivity contribution is 9.10. The molecule has 1 amide bonds. The zero-order valence-corrected chi connectivity index (χ0v) is 12.1. The van der Waals surface area contributed by atoms with E-state index in [1.165, 1.54) is 0 Å². The quantitative estimate of drug-likeness (QED) is 0.847. The third-order valence-electron chi connectivity index (χ3n) is 2.78. The molecule has 0 aromatic carbocycles. The Balaban J connectivity index is 2.54. The van der Waals surface area contributed by atoms with Crippen molar-refractivity contribution in [1.82, 2.24) is 10.3 Å². The average molecular weight is 299 g/mol. The van der Waals surface area contributed by atoms with Gasteiger partial charge in [-0.1, -0.05) is 26.3 Å². The first kappa shape index (κ1) is 14.2. The summed E-state index contributed by atoms with van der Waals surface area (Å²) in [6, 6.07) is 5.51. The Morgan fingerprint density at radius 2 is 2.18 bits per heavy atom. The molecule has 0 radical (unpaired) electrons. The maximum absolute atomic E-state index is 11.9. The third-order valence-corrected chi connectivity index (χ3v) is 3.22. The van der Waals surface area contributed by atoms with E-state index in [4.69, 9.17) is 0 Å². The summed E-state index contributed by atoms with van der Waals surface area (Å²) in [5.41, 5.74) is 0.454. The van der Waals surface area contributed by atoms with E-state index in [0.29, 0.717) is 16.2 Å². The Kier molecular flexibility index (Phi) is 5.62. The number of hydrogen-bond donors (Lipinski definition) is 1. The van der Waals surface area contributed by atoms with Gasteiger partial charge in [0.05, 0.1) is 0 Å². The molecule has 2 unspecified atom stereocenters. The van der Waals surface area contributed by atoms with Crippen molar-refractivity contribution in [3.63, 3.8) is 0 Å². The molecule has 1 N–H and O–H groups in total. The molecule has 0 saturated carbocycles. The Labute approximate surface area is 111 Å². The maximum atomic E-state index is 11.9. The first-order chi connectivity index (χ1) is 8.02. The van der Waals surface area contributed by atoms with Crippen LogP contribution in [0.3, 0.4) is 0 Å². The van der Waals surface area contributed by atoms with E-state index in [1.54, 1.807) is 12.1 Å². The summed E-state index contributed by atoms with van der Waals surface area (Å²) in [5, 5.41) is 2.97. The van der Waals surface area contributed by atoms with Crippen molar-refractivity contribution in [2.45, 2.75) is 39.7 Å². The summed E-state index contributed by atoms with van der Waals surface area (Å²) < 4.78 is 0.680. The van der Waals surface area contributed by atoms with Crippen LogP contribution in [0.1, 0.15) is 44.1 Å². The Morgan fingerprint density at radius 1 is 1.47 bits per heavy atom. The summed E-state index contributed by atoms with van der Waals surface area (Å²) in [7, 11) is 0. The molecular weight excluding hydrogens is 280 g/mol. The fourth-order valence-corrected chi connectivity index (χ4v) is 2.01. The Morgan fingerprint density at radius 3 is 2.76 bits per heavy atom. The second kappa shape index (κ2) is 6.74. The molecule has 0 bridgehead atoms. The van der Waals surface area contributed by atoms with Crippen molar-refractivity contribution < 1.29 is 4.79 Å². The predicted octanol–water partition coefficient (Wildman–Crippen LogP) is 3.40. The Bertz CT molecular complexity index is 381. The standard InChI is InChI=1S/C13H19BrN2O/c1-4-9(2)8-10(3)15-13(17)11-6-5-7-12(14)16-11/h5-7,9-10H,4,8H2,1-3H3,(H,15,17). The molecule has 1 aromatic rings. The van der Waals surface area contributed by atoms with Crippen molar-refractivity contribution in [2.75, 3.05) is 0 Å². The van der Waals surface area contributed by atoms with Crippen molar-refractivity contribution >= 4 is 21.8 Å². The predicted molar refractivity (Wildman–Crippen MR) is 72.9 cm³/mol. The fraction of sp³-hybridized carbons (Fsp3) is 0.538. The number of aromatic nitrogens is 1. The van der Waals surface area contributed by atoms with Gasteiger partial charge in [-0.3, -0.25) is 4.79 Å². The van der Waals surface area contributed by atoms with Gasteiger partial charge < -0.3 is 5.32 Å². The average Bonchev–Trinajstić information content (AvgIpc) is 2.28. The van der Waals surface area contributed by atoms with E-state index >= 15 is 0 Å². The molecule has 94 valence electrons. The molecule has 0 saturated heterocycles. The fourth-order valence-electron chi connectivity index (χ4n) is 1.66. The van der Waals surface area contributed by atoms with Gasteiger partial charge in [0.25, 0.3) is 5.91 Å². The number of nitrogens with zero attached hydrogens (tertiary/aromatic N) is 1. The van der Waals surface area contributed by atoms with Crippen LogP contribution in [0.5, 0.6) is 0 Å². The van der Waals surface area contributed by atoms with Gasteiger partial charge in [0.2, 0.25) is 0 Å². The lowest BCUT2D eigenvalue weighted by atomic mass is 10.0. The van der Waals surface area contributed by atoms with Crippen LogP contribution in [0.2, 0.25) is 0 Å². The number of carbonyl (C=O) groups excluding carboxylic acids is 1. The largest absolute Gasteiger partial charge is 0.348 e. The molecular formula is C13H19BrN2O. The number of hydrogen-bond acceptors (Lipinski definition) is 2. The van der Waals surface area contributed by atoms with Crippen LogP contribution >= 0.6 is 15.9 Å². The number of rotatable bonds is 5. The molecule has 1 heterocycles. The number of halogens is 1. The minimum Gasteiger partial charge on any atom is -0.348 e. The number of pyridine rings is 1. The first-order valence-electron chi connectivity index (χ1n) is 5.96. The highest BCUT2D eigenvalue weighted by Gasteiger charge is 2.13. The molecule has 0 spiro atoms. The van der Waals surface area contributed by atoms with Crippen LogP contribution in [0.15, 0.2) is 22.8 Å². The smallest absolute Gasteiger partial charge is 0.270 e.